The summed E-state index contributed by atoms with van der Waals surface area (Å²) >= 11 is 1.63. The summed E-state index contributed by atoms with van der Waals surface area (Å²) in [4.78, 5) is 31.9. The van der Waals surface area contributed by atoms with Crippen LogP contribution in [-0.4, -0.2) is 35.3 Å². The first-order chi connectivity index (χ1) is 13.0. The molecule has 1 atom stereocenters. The molecule has 148 valence electrons. The van der Waals surface area contributed by atoms with Crippen LogP contribution >= 0.6 is 11.3 Å². The Morgan fingerprint density at radius 3 is 2.93 bits per heavy atom. The summed E-state index contributed by atoms with van der Waals surface area (Å²) in [5, 5.41) is 0.697. The molecule has 1 aliphatic carbocycles. The SMILES string of the molecule is CCCCOCCOC(=O)Cn1c(C)nc2sc3c(c2c1=O)CCC(C)C3. The number of unbranched alkanes of at least 4 members (excludes halogenated alkanes) is 1. The fourth-order valence-corrected chi connectivity index (χ4v) is 4.87. The molecular formula is C20H28N2O4S. The molecule has 7 heteroatoms. The second-order valence-electron chi connectivity index (χ2n) is 7.27. The molecule has 6 nitrogen and oxygen atoms in total. The molecule has 2 aromatic heterocycles. The number of aromatic nitrogens is 2. The number of nitrogens with zero attached hydrogens (tertiary/aromatic N) is 2. The molecule has 1 aliphatic rings. The molecule has 0 radical (unpaired) electrons. The average molecular weight is 393 g/mol. The van der Waals surface area contributed by atoms with Crippen LogP contribution in [0.15, 0.2) is 4.79 Å². The summed E-state index contributed by atoms with van der Waals surface area (Å²) in [6.07, 6.45) is 5.08. The Bertz CT molecular complexity index is 871. The van der Waals surface area contributed by atoms with E-state index in [1.54, 1.807) is 18.3 Å². The van der Waals surface area contributed by atoms with Crippen molar-refractivity contribution in [3.05, 3.63) is 26.6 Å². The van der Waals surface area contributed by atoms with Crippen LogP contribution in [0.1, 0.15) is 49.4 Å². The van der Waals surface area contributed by atoms with E-state index in [4.69, 9.17) is 9.47 Å². The molecule has 0 amide bonds. The number of esters is 1. The number of thiophene rings is 1. The van der Waals surface area contributed by atoms with Crippen molar-refractivity contribution in [2.75, 3.05) is 19.8 Å². The lowest BCUT2D eigenvalue weighted by Gasteiger charge is -2.17. The summed E-state index contributed by atoms with van der Waals surface area (Å²) in [5.41, 5.74) is 1.01. The lowest BCUT2D eigenvalue weighted by atomic mass is 9.89. The van der Waals surface area contributed by atoms with Gasteiger partial charge in [0.15, 0.2) is 0 Å². The monoisotopic (exact) mass is 392 g/mol. The Morgan fingerprint density at radius 2 is 2.15 bits per heavy atom. The summed E-state index contributed by atoms with van der Waals surface area (Å²) in [5.74, 6) is 0.761. The van der Waals surface area contributed by atoms with Crippen molar-refractivity contribution in [2.45, 2.75) is 59.4 Å². The van der Waals surface area contributed by atoms with E-state index < -0.39 is 5.97 Å². The van der Waals surface area contributed by atoms with Gasteiger partial charge in [0.1, 0.15) is 23.8 Å². The van der Waals surface area contributed by atoms with Crippen molar-refractivity contribution in [1.29, 1.82) is 0 Å². The van der Waals surface area contributed by atoms with Gasteiger partial charge in [-0.25, -0.2) is 4.98 Å². The smallest absolute Gasteiger partial charge is 0.326 e. The van der Waals surface area contributed by atoms with Crippen molar-refractivity contribution in [3.63, 3.8) is 0 Å². The number of rotatable bonds is 8. The second kappa shape index (κ2) is 8.97. The number of hydrogen-bond donors (Lipinski definition) is 0. The van der Waals surface area contributed by atoms with Crippen LogP contribution in [0.25, 0.3) is 10.2 Å². The van der Waals surface area contributed by atoms with Crippen LogP contribution in [-0.2, 0) is 33.7 Å². The largest absolute Gasteiger partial charge is 0.462 e. The molecule has 0 fully saturated rings. The Morgan fingerprint density at radius 1 is 1.33 bits per heavy atom. The average Bonchev–Trinajstić information content (AvgIpc) is 2.98. The summed E-state index contributed by atoms with van der Waals surface area (Å²) in [6, 6.07) is 0. The minimum Gasteiger partial charge on any atom is -0.462 e. The maximum absolute atomic E-state index is 13.0. The van der Waals surface area contributed by atoms with E-state index in [0.717, 1.165) is 42.5 Å². The first-order valence-electron chi connectivity index (χ1n) is 9.76. The number of carbonyl (C=O) groups is 1. The first-order valence-corrected chi connectivity index (χ1v) is 10.6. The molecular weight excluding hydrogens is 364 g/mol. The highest BCUT2D eigenvalue weighted by Crippen LogP contribution is 2.35. The standard InChI is InChI=1S/C20H28N2O4S/c1-4-5-8-25-9-10-26-17(23)12-22-14(3)21-19-18(20(22)24)15-7-6-13(2)11-16(15)27-19/h13H,4-12H2,1-3H3. The number of aryl methyl sites for hydroxylation is 2. The highest BCUT2D eigenvalue weighted by atomic mass is 32.1. The molecule has 0 bridgehead atoms. The molecule has 2 heterocycles. The number of ether oxygens (including phenoxy) is 2. The van der Waals surface area contributed by atoms with E-state index in [-0.39, 0.29) is 18.7 Å². The van der Waals surface area contributed by atoms with E-state index in [1.165, 1.54) is 9.44 Å². The minimum absolute atomic E-state index is 0.108. The lowest BCUT2D eigenvalue weighted by molar-refractivity contribution is -0.146. The zero-order valence-electron chi connectivity index (χ0n) is 16.4. The number of carbonyl (C=O) groups excluding carboxylic acids is 1. The van der Waals surface area contributed by atoms with Crippen molar-refractivity contribution in [3.8, 4) is 0 Å². The summed E-state index contributed by atoms with van der Waals surface area (Å²) < 4.78 is 12.0. The maximum Gasteiger partial charge on any atom is 0.326 e. The predicted molar refractivity (Wildman–Crippen MR) is 106 cm³/mol. The van der Waals surface area contributed by atoms with Crippen LogP contribution in [0.2, 0.25) is 0 Å². The lowest BCUT2D eigenvalue weighted by Crippen LogP contribution is -2.29. The van der Waals surface area contributed by atoms with Crippen molar-refractivity contribution >= 4 is 27.5 Å². The van der Waals surface area contributed by atoms with Gasteiger partial charge in [0.2, 0.25) is 0 Å². The predicted octanol–water partition coefficient (Wildman–Crippen LogP) is 3.25. The first kappa shape index (κ1) is 20.0. The maximum atomic E-state index is 13.0. The Balaban J connectivity index is 1.71. The zero-order chi connectivity index (χ0) is 19.4. The normalized spacial score (nSPS) is 16.5. The van der Waals surface area contributed by atoms with Gasteiger partial charge in [0.25, 0.3) is 5.56 Å². The van der Waals surface area contributed by atoms with Gasteiger partial charge in [-0.05, 0) is 44.1 Å². The van der Waals surface area contributed by atoms with E-state index >= 15 is 0 Å². The molecule has 1 unspecified atom stereocenters. The van der Waals surface area contributed by atoms with Gasteiger partial charge in [-0.3, -0.25) is 14.2 Å². The highest BCUT2D eigenvalue weighted by Gasteiger charge is 2.24. The van der Waals surface area contributed by atoms with Gasteiger partial charge in [-0.15, -0.1) is 11.3 Å². The zero-order valence-corrected chi connectivity index (χ0v) is 17.2. The van der Waals surface area contributed by atoms with Gasteiger partial charge in [-0.2, -0.15) is 0 Å². The highest BCUT2D eigenvalue weighted by molar-refractivity contribution is 7.18. The third-order valence-corrected chi connectivity index (χ3v) is 6.17. The van der Waals surface area contributed by atoms with E-state index in [9.17, 15) is 9.59 Å². The molecule has 0 aliphatic heterocycles. The summed E-state index contributed by atoms with van der Waals surface area (Å²) in [6.45, 7) is 7.26. The fraction of sp³-hybridized carbons (Fsp3) is 0.650. The van der Waals surface area contributed by atoms with Crippen LogP contribution in [0.4, 0.5) is 0 Å². The molecule has 3 rings (SSSR count). The van der Waals surface area contributed by atoms with Crippen molar-refractivity contribution in [2.24, 2.45) is 5.92 Å². The third kappa shape index (κ3) is 4.58. The summed E-state index contributed by atoms with van der Waals surface area (Å²) in [7, 11) is 0. The quantitative estimate of drug-likeness (QED) is 0.509. The molecule has 0 saturated carbocycles. The van der Waals surface area contributed by atoms with Crippen LogP contribution in [0, 0.1) is 12.8 Å². The fourth-order valence-electron chi connectivity index (χ4n) is 3.45. The minimum atomic E-state index is -0.432. The van der Waals surface area contributed by atoms with Gasteiger partial charge in [0, 0.05) is 11.5 Å². The van der Waals surface area contributed by atoms with Gasteiger partial charge < -0.3 is 9.47 Å². The van der Waals surface area contributed by atoms with Crippen molar-refractivity contribution in [1.82, 2.24) is 9.55 Å². The third-order valence-electron chi connectivity index (χ3n) is 5.03. The second-order valence-corrected chi connectivity index (χ2v) is 8.35. The van der Waals surface area contributed by atoms with Crippen molar-refractivity contribution < 1.29 is 14.3 Å². The molecule has 0 spiro atoms. The van der Waals surface area contributed by atoms with Gasteiger partial charge in [-0.1, -0.05) is 20.3 Å². The van der Waals surface area contributed by atoms with E-state index in [2.05, 4.69) is 18.8 Å². The Kier molecular flexibility index (Phi) is 6.65. The molecule has 0 saturated heterocycles. The van der Waals surface area contributed by atoms with Gasteiger partial charge in [0.05, 0.1) is 12.0 Å². The van der Waals surface area contributed by atoms with Gasteiger partial charge >= 0.3 is 5.97 Å². The van der Waals surface area contributed by atoms with Crippen LogP contribution < -0.4 is 5.56 Å². The molecule has 27 heavy (non-hydrogen) atoms. The molecule has 2 aromatic rings. The van der Waals surface area contributed by atoms with Crippen LogP contribution in [0.3, 0.4) is 0 Å². The topological polar surface area (TPSA) is 70.4 Å². The van der Waals surface area contributed by atoms with Crippen LogP contribution in [0.5, 0.6) is 0 Å². The molecule has 0 aromatic carbocycles. The van der Waals surface area contributed by atoms with E-state index in [1.807, 2.05) is 0 Å². The van der Waals surface area contributed by atoms with E-state index in [0.29, 0.717) is 30.3 Å². The number of hydrogen-bond acceptors (Lipinski definition) is 6. The number of fused-ring (bicyclic) bond motifs is 3. The Hall–Kier alpha value is -1.73. The molecule has 0 N–H and O–H groups in total. The Labute approximate surface area is 163 Å².